The van der Waals surface area contributed by atoms with Crippen molar-refractivity contribution in [3.63, 3.8) is 0 Å². The minimum atomic E-state index is -0.728. The lowest BCUT2D eigenvalue weighted by Gasteiger charge is -2.25. The number of nitrogens with zero attached hydrogens (tertiary/aromatic N) is 4. The second kappa shape index (κ2) is 15.4. The van der Waals surface area contributed by atoms with E-state index < -0.39 is 11.9 Å². The maximum atomic E-state index is 13.3. The van der Waals surface area contributed by atoms with Crippen LogP contribution in [0.5, 0.6) is 11.5 Å². The van der Waals surface area contributed by atoms with Crippen molar-refractivity contribution >= 4 is 39.9 Å². The number of hydrogen-bond donors (Lipinski definition) is 2. The molecule has 0 aliphatic carbocycles. The summed E-state index contributed by atoms with van der Waals surface area (Å²) in [5, 5.41) is 7.59. The average Bonchev–Trinajstić information content (AvgIpc) is 3.59. The number of aryl methyl sites for hydroxylation is 1. The van der Waals surface area contributed by atoms with Gasteiger partial charge in [-0.2, -0.15) is 0 Å². The van der Waals surface area contributed by atoms with Gasteiger partial charge in [-0.25, -0.2) is 4.98 Å². The predicted octanol–water partition coefficient (Wildman–Crippen LogP) is 2.05. The molecule has 4 rings (SSSR count). The van der Waals surface area contributed by atoms with Crippen molar-refractivity contribution in [3.05, 3.63) is 47.2 Å². The highest BCUT2D eigenvalue weighted by Gasteiger charge is 2.21. The monoisotopic (exact) mass is 612 g/mol. The van der Waals surface area contributed by atoms with Crippen LogP contribution in [0.1, 0.15) is 43.9 Å². The number of fused-ring (bicyclic) bond motifs is 3. The molecule has 2 bridgehead atoms. The van der Waals surface area contributed by atoms with Crippen molar-refractivity contribution in [2.75, 3.05) is 46.9 Å². The number of nitrogens with one attached hydrogen (secondary N) is 2. The highest BCUT2D eigenvalue weighted by Crippen LogP contribution is 2.28. The molecule has 1 aliphatic heterocycles. The second-order valence-corrected chi connectivity index (χ2v) is 11.5. The number of hydrogen-bond acceptors (Lipinski definition) is 8. The molecule has 0 saturated carbocycles. The molecule has 4 amide bonds. The van der Waals surface area contributed by atoms with Crippen LogP contribution in [0, 0.1) is 0 Å². The number of imidazole rings is 1. The molecule has 0 saturated heterocycles. The number of carbonyl (C=O) groups excluding carboxylic acids is 4. The molecule has 3 heterocycles. The van der Waals surface area contributed by atoms with Gasteiger partial charge in [-0.15, -0.1) is 11.3 Å². The molecule has 0 fully saturated rings. The number of likely N-dealkylation sites (N-methyl/N-ethyl adjacent to an activating group) is 1. The Labute approximate surface area is 255 Å². The second-order valence-electron chi connectivity index (χ2n) is 10.6. The molecular formula is C30H40N6O6S. The first-order valence-corrected chi connectivity index (χ1v) is 15.4. The van der Waals surface area contributed by atoms with E-state index in [0.29, 0.717) is 63.4 Å². The van der Waals surface area contributed by atoms with Gasteiger partial charge in [-0.05, 0) is 50.3 Å². The Morgan fingerprint density at radius 1 is 1.12 bits per heavy atom. The van der Waals surface area contributed by atoms with Gasteiger partial charge in [-0.3, -0.25) is 23.6 Å². The van der Waals surface area contributed by atoms with Crippen LogP contribution in [0.3, 0.4) is 0 Å². The quantitative estimate of drug-likeness (QED) is 0.462. The van der Waals surface area contributed by atoms with Crippen LogP contribution in [0.4, 0.5) is 0 Å². The van der Waals surface area contributed by atoms with Crippen LogP contribution in [0.2, 0.25) is 0 Å². The van der Waals surface area contributed by atoms with Crippen LogP contribution < -0.4 is 20.1 Å². The van der Waals surface area contributed by atoms with E-state index in [1.807, 2.05) is 33.1 Å². The first kappa shape index (κ1) is 31.8. The fraction of sp³-hybridized carbons (Fsp3) is 0.500. The summed E-state index contributed by atoms with van der Waals surface area (Å²) in [7, 11) is 3.21. The lowest BCUT2D eigenvalue weighted by atomic mass is 10.1. The first-order valence-electron chi connectivity index (χ1n) is 14.5. The van der Waals surface area contributed by atoms with E-state index in [2.05, 4.69) is 15.6 Å². The van der Waals surface area contributed by atoms with Crippen LogP contribution in [0.25, 0.3) is 4.96 Å². The number of aromatic nitrogens is 2. The van der Waals surface area contributed by atoms with E-state index in [0.717, 1.165) is 16.2 Å². The van der Waals surface area contributed by atoms with Crippen molar-refractivity contribution in [3.8, 4) is 11.5 Å². The summed E-state index contributed by atoms with van der Waals surface area (Å²) in [6, 6.07) is 4.61. The summed E-state index contributed by atoms with van der Waals surface area (Å²) >= 11 is 1.52. The van der Waals surface area contributed by atoms with Gasteiger partial charge in [0.05, 0.1) is 19.2 Å². The third-order valence-corrected chi connectivity index (χ3v) is 8.05. The maximum absolute atomic E-state index is 13.3. The first-order chi connectivity index (χ1) is 20.7. The van der Waals surface area contributed by atoms with Crippen molar-refractivity contribution in [1.29, 1.82) is 0 Å². The van der Waals surface area contributed by atoms with Gasteiger partial charge in [0.15, 0.2) is 23.1 Å². The van der Waals surface area contributed by atoms with Gasteiger partial charge in [0.25, 0.3) is 5.91 Å². The summed E-state index contributed by atoms with van der Waals surface area (Å²) in [4.78, 5) is 60.1. The largest absolute Gasteiger partial charge is 0.493 e. The lowest BCUT2D eigenvalue weighted by Crippen LogP contribution is -2.47. The van der Waals surface area contributed by atoms with Crippen LogP contribution in [-0.2, 0) is 32.0 Å². The van der Waals surface area contributed by atoms with E-state index in [4.69, 9.17) is 9.47 Å². The zero-order valence-electron chi connectivity index (χ0n) is 25.0. The molecule has 1 aromatic carbocycles. The SMILES string of the molecule is COc1ccc2cc1OCC(=O)N[C@@H](C)C(=O)N(C)CCCCN(C(=O)Cc1cn3ccsc3n1)CCCNC(=O)CC2. The van der Waals surface area contributed by atoms with E-state index in [1.54, 1.807) is 31.0 Å². The topological polar surface area (TPSA) is 135 Å². The molecular weight excluding hydrogens is 572 g/mol. The van der Waals surface area contributed by atoms with Crippen LogP contribution in [-0.4, -0.2) is 95.8 Å². The molecule has 0 unspecified atom stereocenters. The molecule has 43 heavy (non-hydrogen) atoms. The van der Waals surface area contributed by atoms with E-state index >= 15 is 0 Å². The smallest absolute Gasteiger partial charge is 0.258 e. The number of thiazole rings is 1. The van der Waals surface area contributed by atoms with Crippen molar-refractivity contribution in [2.45, 2.75) is 51.5 Å². The number of amides is 4. The maximum Gasteiger partial charge on any atom is 0.258 e. The van der Waals surface area contributed by atoms with E-state index in [9.17, 15) is 19.2 Å². The normalized spacial score (nSPS) is 18.7. The number of methoxy groups -OCH3 is 1. The molecule has 2 N–H and O–H groups in total. The van der Waals surface area contributed by atoms with Crippen molar-refractivity contribution in [1.82, 2.24) is 29.8 Å². The van der Waals surface area contributed by atoms with E-state index in [-0.39, 0.29) is 37.2 Å². The van der Waals surface area contributed by atoms with Gasteiger partial charge >= 0.3 is 0 Å². The zero-order valence-corrected chi connectivity index (χ0v) is 25.8. The highest BCUT2D eigenvalue weighted by atomic mass is 32.1. The summed E-state index contributed by atoms with van der Waals surface area (Å²) in [6.07, 6.45) is 6.74. The van der Waals surface area contributed by atoms with E-state index in [1.165, 1.54) is 18.4 Å². The predicted molar refractivity (Wildman–Crippen MR) is 162 cm³/mol. The number of benzene rings is 1. The Hall–Kier alpha value is -4.13. The Kier molecular flexibility index (Phi) is 11.4. The molecule has 1 aliphatic rings. The molecule has 1 atom stereocenters. The third-order valence-electron chi connectivity index (χ3n) is 7.28. The summed E-state index contributed by atoms with van der Waals surface area (Å²) in [5.74, 6) is 0.0933. The average molecular weight is 613 g/mol. The van der Waals surface area contributed by atoms with Crippen molar-refractivity contribution in [2.24, 2.45) is 0 Å². The van der Waals surface area contributed by atoms with Gasteiger partial charge in [0.1, 0.15) is 6.04 Å². The fourth-order valence-electron chi connectivity index (χ4n) is 4.90. The summed E-state index contributed by atoms with van der Waals surface area (Å²) in [5.41, 5.74) is 1.58. The van der Waals surface area contributed by atoms with Crippen LogP contribution in [0.15, 0.2) is 36.0 Å². The summed E-state index contributed by atoms with van der Waals surface area (Å²) < 4.78 is 13.0. The van der Waals surface area contributed by atoms with Crippen molar-refractivity contribution < 1.29 is 28.7 Å². The fourth-order valence-corrected chi connectivity index (χ4v) is 5.62. The van der Waals surface area contributed by atoms with Gasteiger partial charge in [0.2, 0.25) is 17.7 Å². The third kappa shape index (κ3) is 9.18. The lowest BCUT2D eigenvalue weighted by molar-refractivity contribution is -0.135. The Morgan fingerprint density at radius 2 is 1.91 bits per heavy atom. The number of carbonyl (C=O) groups is 4. The Morgan fingerprint density at radius 3 is 2.70 bits per heavy atom. The molecule has 0 radical (unpaired) electrons. The highest BCUT2D eigenvalue weighted by molar-refractivity contribution is 7.15. The standard InChI is InChI=1S/C30H40N6O6S/c1-21-29(40)34(2)12-4-5-13-35(28(39)18-23-19-36-15-16-43-30(36)33-23)14-6-11-31-26(37)10-8-22-7-9-24(41-3)25(17-22)42-20-27(38)32-21/h7,9,15-17,19,21H,4-6,8,10-14,18,20H2,1-3H3,(H,31,37)(H,32,38)/t21-/m0/s1. The molecule has 12 nitrogen and oxygen atoms in total. The number of rotatable bonds is 3. The molecule has 2 aromatic heterocycles. The molecule has 13 heteroatoms. The minimum Gasteiger partial charge on any atom is -0.493 e. The molecule has 232 valence electrons. The Balaban J connectivity index is 1.42. The van der Waals surface area contributed by atoms with Gasteiger partial charge in [0, 0.05) is 57.4 Å². The van der Waals surface area contributed by atoms with Gasteiger partial charge < -0.3 is 29.9 Å². The minimum absolute atomic E-state index is 0.0233. The van der Waals surface area contributed by atoms with Gasteiger partial charge in [-0.1, -0.05) is 6.07 Å². The Bertz CT molecular complexity index is 1390. The summed E-state index contributed by atoms with van der Waals surface area (Å²) in [6.45, 7) is 3.31. The molecule has 3 aromatic rings. The molecule has 0 spiro atoms. The van der Waals surface area contributed by atoms with Crippen LogP contribution >= 0.6 is 11.3 Å². The zero-order chi connectivity index (χ0) is 30.8. The number of ether oxygens (including phenoxy) is 2.